The molecule has 0 fully saturated rings. The van der Waals surface area contributed by atoms with Crippen LogP contribution < -0.4 is 11.1 Å². The number of nitrogens with one attached hydrogen (secondary N) is 1. The Balaban J connectivity index is 1.65. The van der Waals surface area contributed by atoms with Crippen molar-refractivity contribution in [2.24, 2.45) is 5.73 Å². The van der Waals surface area contributed by atoms with E-state index >= 15 is 0 Å². The van der Waals surface area contributed by atoms with Crippen molar-refractivity contribution in [2.75, 3.05) is 11.9 Å². The largest absolute Gasteiger partial charge is 0.396 e. The number of primary amides is 1. The van der Waals surface area contributed by atoms with E-state index in [0.717, 1.165) is 29.2 Å². The molecule has 5 N–H and O–H groups in total. The number of pyridine rings is 1. The van der Waals surface area contributed by atoms with E-state index in [9.17, 15) is 23.8 Å². The molecular weight excluding hydrogens is 490 g/mol. The number of nitrogens with zero attached hydrogens (tertiary/aromatic N) is 4. The van der Waals surface area contributed by atoms with Crippen LogP contribution in [0.4, 0.5) is 19.6 Å². The molecule has 0 aliphatic carbocycles. The van der Waals surface area contributed by atoms with Crippen molar-refractivity contribution in [1.29, 1.82) is 0 Å². The molecule has 0 spiro atoms. The first-order valence-corrected chi connectivity index (χ1v) is 11.8. The van der Waals surface area contributed by atoms with Crippen LogP contribution in [0.2, 0.25) is 0 Å². The number of nitrogens with two attached hydrogens (primary N) is 1. The minimum Gasteiger partial charge on any atom is -0.396 e. The van der Waals surface area contributed by atoms with Gasteiger partial charge in [-0.05, 0) is 49.7 Å². The van der Waals surface area contributed by atoms with Crippen molar-refractivity contribution in [2.45, 2.75) is 32.4 Å². The first-order chi connectivity index (χ1) is 17.1. The fraction of sp³-hybridized carbons (Fsp3) is 0.250. The van der Waals surface area contributed by atoms with Gasteiger partial charge in [0.15, 0.2) is 0 Å². The lowest BCUT2D eigenvalue weighted by Gasteiger charge is -2.18. The number of hydrogen-bond acceptors (Lipinski definition) is 8. The predicted molar refractivity (Wildman–Crippen MR) is 131 cm³/mol. The zero-order chi connectivity index (χ0) is 26.0. The highest BCUT2D eigenvalue weighted by Gasteiger charge is 2.24. The molecule has 0 saturated carbocycles. The standard InChI is InChI=1S/C24H24F2N6O3S/c1-24(2,35)13-8-17(25)21(18(26)9-13)19-10-16(22(27)34)23(36-19)30-20-5-3-4-14(29-20)12-32-15(6-7-33)11-28-31-32/h3-5,8-11,33,35H,6-7,12H2,1-2H3,(H2,27,34)(H,29,30). The summed E-state index contributed by atoms with van der Waals surface area (Å²) in [5.74, 6) is -2.14. The fourth-order valence-corrected chi connectivity index (χ4v) is 4.70. The van der Waals surface area contributed by atoms with Crippen molar-refractivity contribution in [3.63, 3.8) is 0 Å². The highest BCUT2D eigenvalue weighted by Crippen LogP contribution is 2.40. The normalized spacial score (nSPS) is 11.6. The van der Waals surface area contributed by atoms with Gasteiger partial charge in [0.25, 0.3) is 5.91 Å². The Morgan fingerprint density at radius 3 is 2.58 bits per heavy atom. The Morgan fingerprint density at radius 1 is 1.22 bits per heavy atom. The minimum atomic E-state index is -1.43. The number of anilines is 2. The van der Waals surface area contributed by atoms with E-state index in [0.29, 0.717) is 24.5 Å². The van der Waals surface area contributed by atoms with E-state index in [1.54, 1.807) is 29.1 Å². The Hall–Kier alpha value is -3.74. The van der Waals surface area contributed by atoms with Crippen molar-refractivity contribution in [1.82, 2.24) is 20.0 Å². The summed E-state index contributed by atoms with van der Waals surface area (Å²) in [6, 6.07) is 8.65. The molecule has 0 radical (unpaired) electrons. The summed E-state index contributed by atoms with van der Waals surface area (Å²) < 4.78 is 31.4. The number of rotatable bonds is 9. The van der Waals surface area contributed by atoms with Crippen LogP contribution in [0.5, 0.6) is 0 Å². The minimum absolute atomic E-state index is 0.0410. The summed E-state index contributed by atoms with van der Waals surface area (Å²) in [5.41, 5.74) is 5.28. The lowest BCUT2D eigenvalue weighted by atomic mass is 9.96. The lowest BCUT2D eigenvalue weighted by Crippen LogP contribution is -2.16. The quantitative estimate of drug-likeness (QED) is 0.269. The molecule has 0 aliphatic heterocycles. The monoisotopic (exact) mass is 514 g/mol. The highest BCUT2D eigenvalue weighted by atomic mass is 32.1. The maximum Gasteiger partial charge on any atom is 0.251 e. The molecule has 1 aromatic carbocycles. The number of hydrogen-bond donors (Lipinski definition) is 4. The number of carbonyl (C=O) groups excluding carboxylic acids is 1. The van der Waals surface area contributed by atoms with Crippen LogP contribution in [0.3, 0.4) is 0 Å². The van der Waals surface area contributed by atoms with E-state index in [4.69, 9.17) is 5.73 Å². The molecule has 188 valence electrons. The molecule has 4 aromatic rings. The van der Waals surface area contributed by atoms with Crippen LogP contribution in [-0.2, 0) is 18.6 Å². The molecule has 3 heterocycles. The van der Waals surface area contributed by atoms with E-state index in [1.165, 1.54) is 19.9 Å². The van der Waals surface area contributed by atoms with Gasteiger partial charge in [-0.1, -0.05) is 11.3 Å². The van der Waals surface area contributed by atoms with Gasteiger partial charge in [0.2, 0.25) is 0 Å². The molecule has 0 bridgehead atoms. The van der Waals surface area contributed by atoms with Gasteiger partial charge in [-0.2, -0.15) is 0 Å². The number of thiophene rings is 1. The van der Waals surface area contributed by atoms with E-state index in [2.05, 4.69) is 20.6 Å². The topological polar surface area (TPSA) is 139 Å². The van der Waals surface area contributed by atoms with E-state index in [1.807, 2.05) is 0 Å². The smallest absolute Gasteiger partial charge is 0.251 e. The van der Waals surface area contributed by atoms with Crippen molar-refractivity contribution < 1.29 is 23.8 Å². The van der Waals surface area contributed by atoms with E-state index in [-0.39, 0.29) is 33.2 Å². The van der Waals surface area contributed by atoms with Crippen LogP contribution in [0, 0.1) is 11.6 Å². The van der Waals surface area contributed by atoms with Crippen LogP contribution in [0.15, 0.2) is 42.6 Å². The number of aliphatic hydroxyl groups is 2. The molecule has 9 nitrogen and oxygen atoms in total. The maximum atomic E-state index is 14.9. The number of halogens is 2. The van der Waals surface area contributed by atoms with Gasteiger partial charge in [-0.3, -0.25) is 4.79 Å². The number of aliphatic hydroxyl groups excluding tert-OH is 1. The van der Waals surface area contributed by atoms with Gasteiger partial charge in [0.05, 0.1) is 40.9 Å². The van der Waals surface area contributed by atoms with Crippen LogP contribution in [0.1, 0.15) is 41.2 Å². The van der Waals surface area contributed by atoms with Crippen molar-refractivity contribution in [3.05, 3.63) is 76.7 Å². The molecule has 1 amide bonds. The first kappa shape index (κ1) is 25.4. The number of aromatic nitrogens is 4. The second-order valence-electron chi connectivity index (χ2n) is 8.59. The summed E-state index contributed by atoms with van der Waals surface area (Å²) in [6.07, 6.45) is 1.96. The van der Waals surface area contributed by atoms with Gasteiger partial charge in [0, 0.05) is 17.9 Å². The van der Waals surface area contributed by atoms with Gasteiger partial charge < -0.3 is 21.3 Å². The summed E-state index contributed by atoms with van der Waals surface area (Å²) in [6.45, 7) is 3.11. The Labute approximate surface area is 209 Å². The van der Waals surface area contributed by atoms with Gasteiger partial charge in [-0.25, -0.2) is 18.4 Å². The summed E-state index contributed by atoms with van der Waals surface area (Å²) in [5, 5.41) is 30.4. The van der Waals surface area contributed by atoms with Crippen LogP contribution in [-0.4, -0.2) is 42.7 Å². The molecular formula is C24H24F2N6O3S. The molecule has 12 heteroatoms. The second-order valence-corrected chi connectivity index (χ2v) is 9.64. The summed E-state index contributed by atoms with van der Waals surface area (Å²) in [4.78, 5) is 16.8. The summed E-state index contributed by atoms with van der Waals surface area (Å²) in [7, 11) is 0. The molecule has 3 aromatic heterocycles. The summed E-state index contributed by atoms with van der Waals surface area (Å²) >= 11 is 0.948. The molecule has 0 atom stereocenters. The van der Waals surface area contributed by atoms with Crippen molar-refractivity contribution in [3.8, 4) is 10.4 Å². The van der Waals surface area contributed by atoms with Gasteiger partial charge in [0.1, 0.15) is 22.5 Å². The SMILES string of the molecule is CC(C)(O)c1cc(F)c(-c2cc(C(N)=O)c(Nc3cccc(Cn4nncc4CCO)n3)s2)c(F)c1. The number of amides is 1. The van der Waals surface area contributed by atoms with Crippen LogP contribution in [0.25, 0.3) is 10.4 Å². The number of benzene rings is 1. The molecule has 0 aliphatic rings. The second kappa shape index (κ2) is 10.1. The third-order valence-electron chi connectivity index (χ3n) is 5.42. The van der Waals surface area contributed by atoms with Gasteiger partial charge in [-0.15, -0.1) is 16.4 Å². The highest BCUT2D eigenvalue weighted by molar-refractivity contribution is 7.20. The molecule has 4 rings (SSSR count). The average molecular weight is 515 g/mol. The van der Waals surface area contributed by atoms with Crippen molar-refractivity contribution >= 4 is 28.1 Å². The van der Waals surface area contributed by atoms with Gasteiger partial charge >= 0.3 is 0 Å². The maximum absolute atomic E-state index is 14.9. The molecule has 0 saturated heterocycles. The first-order valence-electron chi connectivity index (χ1n) is 10.9. The lowest BCUT2D eigenvalue weighted by molar-refractivity contribution is 0.0778. The average Bonchev–Trinajstić information content (AvgIpc) is 3.40. The molecule has 36 heavy (non-hydrogen) atoms. The predicted octanol–water partition coefficient (Wildman–Crippen LogP) is 3.33. The zero-order valence-corrected chi connectivity index (χ0v) is 20.3. The van der Waals surface area contributed by atoms with E-state index < -0.39 is 23.1 Å². The third-order valence-corrected chi connectivity index (χ3v) is 6.49. The fourth-order valence-electron chi connectivity index (χ4n) is 3.58. The Kier molecular flexibility index (Phi) is 7.11. The molecule has 0 unspecified atom stereocenters. The zero-order valence-electron chi connectivity index (χ0n) is 19.5. The van der Waals surface area contributed by atoms with Crippen LogP contribution >= 0.6 is 11.3 Å². The Bertz CT molecular complexity index is 1390. The Morgan fingerprint density at radius 2 is 1.94 bits per heavy atom. The number of carbonyl (C=O) groups is 1. The third kappa shape index (κ3) is 5.40.